The van der Waals surface area contributed by atoms with Gasteiger partial charge in [0.05, 0.1) is 11.1 Å². The molecule has 0 fully saturated rings. The Bertz CT molecular complexity index is 719. The number of aromatic nitrogens is 2. The molecule has 0 aliphatic heterocycles. The zero-order valence-corrected chi connectivity index (χ0v) is 11.0. The number of benzene rings is 1. The minimum absolute atomic E-state index is 0.0490. The lowest BCUT2D eigenvalue weighted by Crippen LogP contribution is -2.25. The van der Waals surface area contributed by atoms with E-state index in [4.69, 9.17) is 0 Å². The van der Waals surface area contributed by atoms with Crippen LogP contribution in [0.15, 0.2) is 55.0 Å². The van der Waals surface area contributed by atoms with Crippen molar-refractivity contribution < 1.29 is 4.79 Å². The first-order chi connectivity index (χ1) is 9.84. The van der Waals surface area contributed by atoms with Gasteiger partial charge in [-0.2, -0.15) is 0 Å². The highest BCUT2D eigenvalue weighted by molar-refractivity contribution is 6.05. The first-order valence-electron chi connectivity index (χ1n) is 6.58. The molecule has 2 N–H and O–H groups in total. The third-order valence-corrected chi connectivity index (χ3v) is 3.28. The van der Waals surface area contributed by atoms with Crippen LogP contribution in [0.25, 0.3) is 10.9 Å². The van der Waals surface area contributed by atoms with E-state index in [0.717, 1.165) is 17.3 Å². The number of nitrogens with zero attached hydrogens (tertiary/aromatic N) is 1. The Morgan fingerprint density at radius 2 is 2.00 bits per heavy atom. The maximum atomic E-state index is 12.2. The minimum Gasteiger partial charge on any atom is -0.361 e. The number of para-hydroxylation sites is 1. The Morgan fingerprint density at radius 1 is 1.15 bits per heavy atom. The number of aromatic amines is 1. The standard InChI is InChI=1S/C16H15N3O/c20-16(19-10-6-12-4-8-17-9-5-12)14-3-1-2-13-7-11-18-15(13)14/h1-5,7-9,11,18H,6,10H2,(H,19,20). The summed E-state index contributed by atoms with van der Waals surface area (Å²) in [5.74, 6) is -0.0490. The SMILES string of the molecule is O=C(NCCc1ccncc1)c1cccc2cc[nH]c12. The van der Waals surface area contributed by atoms with E-state index in [9.17, 15) is 4.79 Å². The fraction of sp³-hybridized carbons (Fsp3) is 0.125. The number of hydrogen-bond donors (Lipinski definition) is 2. The van der Waals surface area contributed by atoms with E-state index in [2.05, 4.69) is 15.3 Å². The molecule has 100 valence electrons. The summed E-state index contributed by atoms with van der Waals surface area (Å²) < 4.78 is 0. The number of amides is 1. The highest BCUT2D eigenvalue weighted by atomic mass is 16.1. The number of carbonyl (C=O) groups is 1. The summed E-state index contributed by atoms with van der Waals surface area (Å²) in [4.78, 5) is 19.3. The zero-order chi connectivity index (χ0) is 13.8. The van der Waals surface area contributed by atoms with Crippen LogP contribution in [0.3, 0.4) is 0 Å². The first kappa shape index (κ1) is 12.4. The molecule has 20 heavy (non-hydrogen) atoms. The van der Waals surface area contributed by atoms with Gasteiger partial charge in [-0.25, -0.2) is 0 Å². The van der Waals surface area contributed by atoms with Crippen molar-refractivity contribution in [3.63, 3.8) is 0 Å². The van der Waals surface area contributed by atoms with Crippen LogP contribution >= 0.6 is 0 Å². The molecule has 2 aromatic heterocycles. The van der Waals surface area contributed by atoms with Crippen molar-refractivity contribution in [2.24, 2.45) is 0 Å². The van der Waals surface area contributed by atoms with Crippen molar-refractivity contribution in [2.45, 2.75) is 6.42 Å². The quantitative estimate of drug-likeness (QED) is 0.761. The van der Waals surface area contributed by atoms with Crippen LogP contribution in [0.4, 0.5) is 0 Å². The Kier molecular flexibility index (Phi) is 3.46. The van der Waals surface area contributed by atoms with Gasteiger partial charge in [0, 0.05) is 30.5 Å². The van der Waals surface area contributed by atoms with Crippen molar-refractivity contribution >= 4 is 16.8 Å². The predicted octanol–water partition coefficient (Wildman–Crippen LogP) is 2.54. The highest BCUT2D eigenvalue weighted by Gasteiger charge is 2.09. The average molecular weight is 265 g/mol. The molecule has 4 nitrogen and oxygen atoms in total. The summed E-state index contributed by atoms with van der Waals surface area (Å²) in [6, 6.07) is 11.6. The van der Waals surface area contributed by atoms with Gasteiger partial charge >= 0.3 is 0 Å². The van der Waals surface area contributed by atoms with Crippen LogP contribution in [0.5, 0.6) is 0 Å². The number of fused-ring (bicyclic) bond motifs is 1. The summed E-state index contributed by atoms with van der Waals surface area (Å²) in [5.41, 5.74) is 2.73. The molecule has 3 aromatic rings. The minimum atomic E-state index is -0.0490. The van der Waals surface area contributed by atoms with Crippen LogP contribution < -0.4 is 5.32 Å². The van der Waals surface area contributed by atoms with E-state index < -0.39 is 0 Å². The molecular weight excluding hydrogens is 250 g/mol. The van der Waals surface area contributed by atoms with Crippen molar-refractivity contribution in [1.29, 1.82) is 0 Å². The number of rotatable bonds is 4. The van der Waals surface area contributed by atoms with Gasteiger partial charge in [-0.3, -0.25) is 9.78 Å². The van der Waals surface area contributed by atoms with E-state index >= 15 is 0 Å². The number of carbonyl (C=O) groups excluding carboxylic acids is 1. The molecule has 0 saturated carbocycles. The molecule has 0 radical (unpaired) electrons. The average Bonchev–Trinajstić information content (AvgIpc) is 2.96. The van der Waals surface area contributed by atoms with Crippen LogP contribution in [-0.4, -0.2) is 22.4 Å². The summed E-state index contributed by atoms with van der Waals surface area (Å²) in [6.45, 7) is 0.611. The van der Waals surface area contributed by atoms with Gasteiger partial charge in [-0.15, -0.1) is 0 Å². The van der Waals surface area contributed by atoms with Gasteiger partial charge in [-0.1, -0.05) is 12.1 Å². The summed E-state index contributed by atoms with van der Waals surface area (Å²) in [7, 11) is 0. The van der Waals surface area contributed by atoms with E-state index in [1.807, 2.05) is 42.6 Å². The monoisotopic (exact) mass is 265 g/mol. The van der Waals surface area contributed by atoms with Crippen LogP contribution in [0.2, 0.25) is 0 Å². The Hall–Kier alpha value is -2.62. The third kappa shape index (κ3) is 2.54. The lowest BCUT2D eigenvalue weighted by atomic mass is 10.1. The van der Waals surface area contributed by atoms with Gasteiger partial charge in [0.1, 0.15) is 0 Å². The molecule has 1 aromatic carbocycles. The second-order valence-electron chi connectivity index (χ2n) is 4.61. The predicted molar refractivity (Wildman–Crippen MR) is 78.6 cm³/mol. The maximum Gasteiger partial charge on any atom is 0.253 e. The third-order valence-electron chi connectivity index (χ3n) is 3.28. The molecule has 0 aliphatic rings. The van der Waals surface area contributed by atoms with Gasteiger partial charge < -0.3 is 10.3 Å². The molecule has 0 atom stereocenters. The fourth-order valence-electron chi connectivity index (χ4n) is 2.24. The van der Waals surface area contributed by atoms with Crippen molar-refractivity contribution in [3.05, 3.63) is 66.1 Å². The van der Waals surface area contributed by atoms with E-state index in [1.54, 1.807) is 12.4 Å². The molecule has 0 saturated heterocycles. The summed E-state index contributed by atoms with van der Waals surface area (Å²) >= 11 is 0. The van der Waals surface area contributed by atoms with Crippen LogP contribution in [0, 0.1) is 0 Å². The van der Waals surface area contributed by atoms with Gasteiger partial charge in [0.2, 0.25) is 0 Å². The second kappa shape index (κ2) is 5.57. The molecule has 0 spiro atoms. The highest BCUT2D eigenvalue weighted by Crippen LogP contribution is 2.16. The Morgan fingerprint density at radius 3 is 2.85 bits per heavy atom. The van der Waals surface area contributed by atoms with Crippen LogP contribution in [-0.2, 0) is 6.42 Å². The molecule has 0 bridgehead atoms. The van der Waals surface area contributed by atoms with Gasteiger partial charge in [-0.05, 0) is 36.2 Å². The normalized spacial score (nSPS) is 10.6. The smallest absolute Gasteiger partial charge is 0.253 e. The topological polar surface area (TPSA) is 57.8 Å². The molecular formula is C16H15N3O. The second-order valence-corrected chi connectivity index (χ2v) is 4.61. The lowest BCUT2D eigenvalue weighted by Gasteiger charge is -2.06. The van der Waals surface area contributed by atoms with E-state index in [1.165, 1.54) is 5.56 Å². The van der Waals surface area contributed by atoms with Gasteiger partial charge in [0.25, 0.3) is 5.91 Å². The molecule has 4 heteroatoms. The zero-order valence-electron chi connectivity index (χ0n) is 11.0. The molecule has 3 rings (SSSR count). The molecule has 0 unspecified atom stereocenters. The van der Waals surface area contributed by atoms with Crippen molar-refractivity contribution in [2.75, 3.05) is 6.54 Å². The first-order valence-corrected chi connectivity index (χ1v) is 6.58. The fourth-order valence-corrected chi connectivity index (χ4v) is 2.24. The number of nitrogens with one attached hydrogen (secondary N) is 2. The van der Waals surface area contributed by atoms with Crippen LogP contribution in [0.1, 0.15) is 15.9 Å². The van der Waals surface area contributed by atoms with Crippen molar-refractivity contribution in [3.8, 4) is 0 Å². The largest absolute Gasteiger partial charge is 0.361 e. The molecule has 1 amide bonds. The molecule has 0 aliphatic carbocycles. The maximum absolute atomic E-state index is 12.2. The summed E-state index contributed by atoms with van der Waals surface area (Å²) in [6.07, 6.45) is 6.17. The van der Waals surface area contributed by atoms with Gasteiger partial charge in [0.15, 0.2) is 0 Å². The number of H-pyrrole nitrogens is 1. The van der Waals surface area contributed by atoms with E-state index in [0.29, 0.717) is 12.1 Å². The lowest BCUT2D eigenvalue weighted by molar-refractivity contribution is 0.0955. The number of pyridine rings is 1. The number of hydrogen-bond acceptors (Lipinski definition) is 2. The van der Waals surface area contributed by atoms with E-state index in [-0.39, 0.29) is 5.91 Å². The van der Waals surface area contributed by atoms with Crippen molar-refractivity contribution in [1.82, 2.24) is 15.3 Å². The molecule has 2 heterocycles. The summed E-state index contributed by atoms with van der Waals surface area (Å²) in [5, 5.41) is 4.00. The Balaban J connectivity index is 1.66. The Labute approximate surface area is 116 Å².